The predicted octanol–water partition coefficient (Wildman–Crippen LogP) is 1.44. The van der Waals surface area contributed by atoms with Crippen LogP contribution in [0.4, 0.5) is 0 Å². The van der Waals surface area contributed by atoms with Crippen LogP contribution in [0, 0.1) is 0 Å². The minimum Gasteiger partial charge on any atom is -0.337 e. The molecule has 2 N–H and O–H groups in total. The fraction of sp³-hybridized carbons (Fsp3) is 0.105. The molecule has 0 fully saturated rings. The fourth-order valence-electron chi connectivity index (χ4n) is 2.88. The maximum atomic E-state index is 12.4. The highest BCUT2D eigenvalue weighted by Gasteiger charge is 2.39. The van der Waals surface area contributed by atoms with Crippen molar-refractivity contribution in [1.29, 1.82) is 0 Å². The van der Waals surface area contributed by atoms with Gasteiger partial charge in [0.05, 0.1) is 16.6 Å². The van der Waals surface area contributed by atoms with Crippen LogP contribution in [0.15, 0.2) is 48.5 Å². The molecule has 0 radical (unpaired) electrons. The Morgan fingerprint density at radius 1 is 1.04 bits per heavy atom. The van der Waals surface area contributed by atoms with Gasteiger partial charge in [-0.2, -0.15) is 5.10 Å². The Morgan fingerprint density at radius 2 is 1.64 bits per heavy atom. The highest BCUT2D eigenvalue weighted by atomic mass is 16.7. The van der Waals surface area contributed by atoms with Crippen LogP contribution in [-0.4, -0.2) is 45.0 Å². The Labute approximate surface area is 158 Å². The van der Waals surface area contributed by atoms with Crippen molar-refractivity contribution >= 4 is 34.6 Å². The first kappa shape index (κ1) is 17.4. The van der Waals surface area contributed by atoms with E-state index in [-0.39, 0.29) is 16.8 Å². The van der Waals surface area contributed by atoms with Crippen molar-refractivity contribution in [2.45, 2.75) is 13.0 Å². The molecule has 9 heteroatoms. The van der Waals surface area contributed by atoms with Gasteiger partial charge in [-0.3, -0.25) is 19.5 Å². The molecule has 4 rings (SSSR count). The Balaban J connectivity index is 1.45. The van der Waals surface area contributed by atoms with Gasteiger partial charge in [-0.1, -0.05) is 35.4 Å². The number of imide groups is 1. The second-order valence-electron chi connectivity index (χ2n) is 6.17. The first-order chi connectivity index (χ1) is 13.5. The lowest BCUT2D eigenvalue weighted by molar-refractivity contribution is -0.170. The molecular weight excluding hydrogens is 364 g/mol. The number of carbonyl (C=O) groups excluding carboxylic acids is 4. The van der Waals surface area contributed by atoms with Crippen LogP contribution < -0.4 is 5.32 Å². The molecule has 140 valence electrons. The molecule has 1 aliphatic heterocycles. The van der Waals surface area contributed by atoms with E-state index in [1.165, 1.54) is 19.1 Å². The zero-order valence-electron chi connectivity index (χ0n) is 14.6. The van der Waals surface area contributed by atoms with E-state index in [9.17, 15) is 19.2 Å². The van der Waals surface area contributed by atoms with E-state index in [1.54, 1.807) is 36.4 Å². The largest absolute Gasteiger partial charge is 0.354 e. The zero-order chi connectivity index (χ0) is 19.8. The second-order valence-corrected chi connectivity index (χ2v) is 6.17. The van der Waals surface area contributed by atoms with Crippen LogP contribution in [0.5, 0.6) is 0 Å². The number of hydroxylamine groups is 2. The van der Waals surface area contributed by atoms with Crippen molar-refractivity contribution < 1.29 is 24.0 Å². The average molecular weight is 378 g/mol. The van der Waals surface area contributed by atoms with Crippen molar-refractivity contribution in [3.05, 3.63) is 65.4 Å². The van der Waals surface area contributed by atoms with Crippen molar-refractivity contribution in [2.24, 2.45) is 0 Å². The maximum Gasteiger partial charge on any atom is 0.354 e. The summed E-state index contributed by atoms with van der Waals surface area (Å²) in [7, 11) is 0. The number of hydrogen-bond donors (Lipinski definition) is 2. The first-order valence-electron chi connectivity index (χ1n) is 8.41. The van der Waals surface area contributed by atoms with E-state index in [0.717, 1.165) is 0 Å². The third-order valence-corrected chi connectivity index (χ3v) is 4.32. The summed E-state index contributed by atoms with van der Waals surface area (Å²) in [6.45, 7) is 1.38. The highest BCUT2D eigenvalue weighted by Crippen LogP contribution is 2.23. The lowest BCUT2D eigenvalue weighted by Gasteiger charge is -2.16. The summed E-state index contributed by atoms with van der Waals surface area (Å²) in [6.07, 6.45) is 0. The molecule has 2 heterocycles. The minimum atomic E-state index is -1.12. The SMILES string of the molecule is CC(NC(=O)c1n[nH]c2ccccc12)C(=O)ON1C(=O)c2ccccc2C1=O. The molecule has 0 bridgehead atoms. The van der Waals surface area contributed by atoms with E-state index in [1.807, 2.05) is 0 Å². The standard InChI is InChI=1S/C19H14N4O5/c1-10(20-16(24)15-13-8-4-5-9-14(13)21-22-15)19(27)28-23-17(25)11-6-2-3-7-12(11)18(23)26/h2-10H,1H3,(H,20,24)(H,21,22). The van der Waals surface area contributed by atoms with E-state index in [0.29, 0.717) is 16.0 Å². The van der Waals surface area contributed by atoms with Crippen LogP contribution in [0.3, 0.4) is 0 Å². The van der Waals surface area contributed by atoms with Gasteiger partial charge in [0.15, 0.2) is 5.69 Å². The predicted molar refractivity (Wildman–Crippen MR) is 96.1 cm³/mol. The van der Waals surface area contributed by atoms with Crippen LogP contribution >= 0.6 is 0 Å². The number of nitrogens with one attached hydrogen (secondary N) is 2. The van der Waals surface area contributed by atoms with Crippen molar-refractivity contribution in [2.75, 3.05) is 0 Å². The Morgan fingerprint density at radius 3 is 2.32 bits per heavy atom. The van der Waals surface area contributed by atoms with Gasteiger partial charge in [-0.05, 0) is 25.1 Å². The Bertz CT molecular complexity index is 1100. The third kappa shape index (κ3) is 2.78. The summed E-state index contributed by atoms with van der Waals surface area (Å²) < 4.78 is 0. The minimum absolute atomic E-state index is 0.121. The number of fused-ring (bicyclic) bond motifs is 2. The molecule has 3 aromatic rings. The topological polar surface area (TPSA) is 121 Å². The zero-order valence-corrected chi connectivity index (χ0v) is 14.6. The summed E-state index contributed by atoms with van der Waals surface area (Å²) >= 11 is 0. The number of rotatable bonds is 4. The molecule has 3 amide bonds. The molecular formula is C19H14N4O5. The summed E-state index contributed by atoms with van der Waals surface area (Å²) in [5.74, 6) is -3.01. The normalized spacial score (nSPS) is 14.1. The van der Waals surface area contributed by atoms with Crippen LogP contribution in [0.2, 0.25) is 0 Å². The van der Waals surface area contributed by atoms with E-state index < -0.39 is 29.7 Å². The van der Waals surface area contributed by atoms with Gasteiger partial charge in [0, 0.05) is 5.39 Å². The number of para-hydroxylation sites is 1. The van der Waals surface area contributed by atoms with Gasteiger partial charge in [-0.25, -0.2) is 4.79 Å². The van der Waals surface area contributed by atoms with E-state index in [4.69, 9.17) is 4.84 Å². The number of nitrogens with zero attached hydrogens (tertiary/aromatic N) is 2. The summed E-state index contributed by atoms with van der Waals surface area (Å²) in [5, 5.41) is 10.1. The molecule has 0 saturated heterocycles. The monoisotopic (exact) mass is 378 g/mol. The van der Waals surface area contributed by atoms with Gasteiger partial charge in [0.1, 0.15) is 6.04 Å². The number of aromatic amines is 1. The van der Waals surface area contributed by atoms with Gasteiger partial charge in [-0.15, -0.1) is 0 Å². The van der Waals surface area contributed by atoms with Crippen molar-refractivity contribution in [1.82, 2.24) is 20.6 Å². The van der Waals surface area contributed by atoms with Gasteiger partial charge < -0.3 is 10.2 Å². The first-order valence-corrected chi connectivity index (χ1v) is 8.41. The quantitative estimate of drug-likeness (QED) is 0.663. The summed E-state index contributed by atoms with van der Waals surface area (Å²) in [5.41, 5.74) is 1.10. The molecule has 1 atom stereocenters. The molecule has 1 unspecified atom stereocenters. The summed E-state index contributed by atoms with van der Waals surface area (Å²) in [6, 6.07) is 12.1. The molecule has 0 saturated carbocycles. The number of aromatic nitrogens is 2. The third-order valence-electron chi connectivity index (χ3n) is 4.32. The van der Waals surface area contributed by atoms with Crippen LogP contribution in [-0.2, 0) is 9.63 Å². The van der Waals surface area contributed by atoms with Gasteiger partial charge >= 0.3 is 5.97 Å². The smallest absolute Gasteiger partial charge is 0.337 e. The number of benzene rings is 2. The molecule has 0 spiro atoms. The number of carbonyl (C=O) groups is 4. The average Bonchev–Trinajstić information content (AvgIpc) is 3.23. The number of H-pyrrole nitrogens is 1. The van der Waals surface area contributed by atoms with Gasteiger partial charge in [0.25, 0.3) is 17.7 Å². The van der Waals surface area contributed by atoms with Crippen molar-refractivity contribution in [3.63, 3.8) is 0 Å². The van der Waals surface area contributed by atoms with E-state index >= 15 is 0 Å². The molecule has 1 aliphatic rings. The molecule has 2 aromatic carbocycles. The summed E-state index contributed by atoms with van der Waals surface area (Å²) in [4.78, 5) is 54.2. The van der Waals surface area contributed by atoms with Gasteiger partial charge in [0.2, 0.25) is 0 Å². The Hall–Kier alpha value is -4.01. The van der Waals surface area contributed by atoms with Crippen LogP contribution in [0.1, 0.15) is 38.1 Å². The molecule has 28 heavy (non-hydrogen) atoms. The van der Waals surface area contributed by atoms with Crippen LogP contribution in [0.25, 0.3) is 10.9 Å². The number of hydrogen-bond acceptors (Lipinski definition) is 6. The molecule has 0 aliphatic carbocycles. The Kier molecular flexibility index (Phi) is 4.11. The lowest BCUT2D eigenvalue weighted by Crippen LogP contribution is -2.44. The lowest BCUT2D eigenvalue weighted by atomic mass is 10.1. The van der Waals surface area contributed by atoms with Crippen molar-refractivity contribution in [3.8, 4) is 0 Å². The highest BCUT2D eigenvalue weighted by molar-refractivity contribution is 6.21. The molecule has 1 aromatic heterocycles. The fourth-order valence-corrected chi connectivity index (χ4v) is 2.88. The maximum absolute atomic E-state index is 12.4. The number of amides is 3. The van der Waals surface area contributed by atoms with E-state index in [2.05, 4.69) is 15.5 Å². The second kappa shape index (κ2) is 6.62. The molecule has 9 nitrogen and oxygen atoms in total.